The molecule has 4 rings (SSSR count). The van der Waals surface area contributed by atoms with Gasteiger partial charge in [-0.1, -0.05) is 23.4 Å². The number of rotatable bonds is 3. The maximum atomic E-state index is 13.0. The molecule has 1 aliphatic heterocycles. The highest BCUT2D eigenvalue weighted by atomic mass is 32.1. The van der Waals surface area contributed by atoms with Gasteiger partial charge in [0.15, 0.2) is 5.82 Å². The molecule has 0 radical (unpaired) electrons. The van der Waals surface area contributed by atoms with Crippen molar-refractivity contribution in [3.8, 4) is 0 Å². The maximum absolute atomic E-state index is 13.0. The summed E-state index contributed by atoms with van der Waals surface area (Å²) < 4.78 is 6.21. The second kappa shape index (κ2) is 6.36. The van der Waals surface area contributed by atoms with Gasteiger partial charge < -0.3 is 9.42 Å². The van der Waals surface area contributed by atoms with Crippen molar-refractivity contribution in [2.75, 3.05) is 13.1 Å². The number of aromatic nitrogens is 2. The Balaban J connectivity index is 1.50. The second-order valence-electron chi connectivity index (χ2n) is 6.34. The predicted octanol–water partition coefficient (Wildman–Crippen LogP) is 3.69. The van der Waals surface area contributed by atoms with Crippen LogP contribution < -0.4 is 0 Å². The molecule has 0 aliphatic carbocycles. The molecular weight excluding hydrogens is 322 g/mol. The number of carbonyl (C=O) groups excluding carboxylic acids is 1. The molecule has 1 atom stereocenters. The van der Waals surface area contributed by atoms with Gasteiger partial charge in [0.1, 0.15) is 0 Å². The van der Waals surface area contributed by atoms with Crippen LogP contribution in [0.2, 0.25) is 0 Å². The Morgan fingerprint density at radius 3 is 3.12 bits per heavy atom. The fraction of sp³-hybridized carbons (Fsp3) is 0.389. The van der Waals surface area contributed by atoms with Crippen LogP contribution in [0.1, 0.15) is 34.9 Å². The lowest BCUT2D eigenvalue weighted by Crippen LogP contribution is -2.40. The van der Waals surface area contributed by atoms with E-state index in [1.807, 2.05) is 28.5 Å². The van der Waals surface area contributed by atoms with E-state index in [2.05, 4.69) is 16.2 Å². The summed E-state index contributed by atoms with van der Waals surface area (Å²) in [6, 6.07) is 8.09. The Morgan fingerprint density at radius 2 is 2.29 bits per heavy atom. The third kappa shape index (κ3) is 2.94. The van der Waals surface area contributed by atoms with Crippen LogP contribution in [-0.4, -0.2) is 34.0 Å². The minimum absolute atomic E-state index is 0.140. The van der Waals surface area contributed by atoms with Crippen LogP contribution >= 0.6 is 11.3 Å². The highest BCUT2D eigenvalue weighted by Gasteiger charge is 2.27. The Hall–Kier alpha value is -2.21. The Labute approximate surface area is 144 Å². The number of nitrogens with zero attached hydrogens (tertiary/aromatic N) is 3. The molecule has 3 heterocycles. The minimum atomic E-state index is 0.140. The minimum Gasteiger partial charge on any atom is -0.340 e. The van der Waals surface area contributed by atoms with Gasteiger partial charge in [-0.05, 0) is 24.8 Å². The smallest absolute Gasteiger partial charge is 0.255 e. The number of thiophene rings is 1. The third-order valence-electron chi connectivity index (χ3n) is 4.56. The number of fused-ring (bicyclic) bond motifs is 1. The molecule has 1 unspecified atom stereocenters. The highest BCUT2D eigenvalue weighted by Crippen LogP contribution is 2.28. The molecule has 6 heteroatoms. The molecule has 1 aromatic carbocycles. The van der Waals surface area contributed by atoms with Gasteiger partial charge in [-0.25, -0.2) is 0 Å². The summed E-state index contributed by atoms with van der Waals surface area (Å²) in [7, 11) is 0. The first-order valence-electron chi connectivity index (χ1n) is 8.25. The van der Waals surface area contributed by atoms with E-state index in [1.165, 1.54) is 0 Å². The maximum Gasteiger partial charge on any atom is 0.255 e. The standard InChI is InChI=1S/C18H19N3O2S/c1-12-19-17(20-23-12)9-13-5-4-8-21(10-13)18(22)15-11-24-16-7-3-2-6-14(15)16/h2-3,6-7,11,13H,4-5,8-10H2,1H3. The number of aryl methyl sites for hydroxylation is 1. The number of carbonyl (C=O) groups is 1. The molecule has 0 saturated carbocycles. The van der Waals surface area contributed by atoms with Crippen molar-refractivity contribution in [1.82, 2.24) is 15.0 Å². The van der Waals surface area contributed by atoms with E-state index in [9.17, 15) is 4.79 Å². The number of likely N-dealkylation sites (tertiary alicyclic amines) is 1. The largest absolute Gasteiger partial charge is 0.340 e. The molecule has 24 heavy (non-hydrogen) atoms. The molecule has 1 aliphatic rings. The monoisotopic (exact) mass is 341 g/mol. The summed E-state index contributed by atoms with van der Waals surface area (Å²) in [6.07, 6.45) is 2.89. The summed E-state index contributed by atoms with van der Waals surface area (Å²) in [5, 5.41) is 7.03. The molecule has 1 amide bonds. The molecule has 0 spiro atoms. The van der Waals surface area contributed by atoms with Gasteiger partial charge in [0, 0.05) is 41.9 Å². The normalized spacial score (nSPS) is 18.2. The van der Waals surface area contributed by atoms with Gasteiger partial charge in [-0.3, -0.25) is 4.79 Å². The Kier molecular flexibility index (Phi) is 4.06. The zero-order valence-corrected chi connectivity index (χ0v) is 14.4. The van der Waals surface area contributed by atoms with Crippen LogP contribution in [0.5, 0.6) is 0 Å². The summed E-state index contributed by atoms with van der Waals surface area (Å²) in [6.45, 7) is 3.39. The molecule has 1 saturated heterocycles. The van der Waals surface area contributed by atoms with Crippen LogP contribution in [0.15, 0.2) is 34.2 Å². The van der Waals surface area contributed by atoms with Crippen molar-refractivity contribution in [3.05, 3.63) is 46.9 Å². The zero-order valence-electron chi connectivity index (χ0n) is 13.6. The van der Waals surface area contributed by atoms with Crippen molar-refractivity contribution in [2.45, 2.75) is 26.2 Å². The topological polar surface area (TPSA) is 59.2 Å². The zero-order chi connectivity index (χ0) is 16.5. The number of benzene rings is 1. The van der Waals surface area contributed by atoms with Gasteiger partial charge in [0.05, 0.1) is 5.56 Å². The molecule has 0 N–H and O–H groups in total. The van der Waals surface area contributed by atoms with Crippen molar-refractivity contribution in [3.63, 3.8) is 0 Å². The Morgan fingerprint density at radius 1 is 1.42 bits per heavy atom. The van der Waals surface area contributed by atoms with Crippen LogP contribution in [0, 0.1) is 12.8 Å². The fourth-order valence-electron chi connectivity index (χ4n) is 3.41. The lowest BCUT2D eigenvalue weighted by atomic mass is 9.94. The van der Waals surface area contributed by atoms with Crippen LogP contribution in [0.25, 0.3) is 10.1 Å². The molecular formula is C18H19N3O2S. The second-order valence-corrected chi connectivity index (χ2v) is 7.25. The number of hydrogen-bond acceptors (Lipinski definition) is 5. The lowest BCUT2D eigenvalue weighted by molar-refractivity contribution is 0.0674. The number of hydrogen-bond donors (Lipinski definition) is 0. The van der Waals surface area contributed by atoms with E-state index < -0.39 is 0 Å². The van der Waals surface area contributed by atoms with Gasteiger partial charge in [0.2, 0.25) is 5.89 Å². The van der Waals surface area contributed by atoms with E-state index in [0.717, 1.165) is 53.8 Å². The molecule has 5 nitrogen and oxygen atoms in total. The van der Waals surface area contributed by atoms with Gasteiger partial charge in [-0.2, -0.15) is 4.98 Å². The van der Waals surface area contributed by atoms with Crippen LogP contribution in [-0.2, 0) is 6.42 Å². The molecule has 2 aromatic heterocycles. The van der Waals surface area contributed by atoms with Crippen molar-refractivity contribution in [1.29, 1.82) is 0 Å². The fourth-order valence-corrected chi connectivity index (χ4v) is 4.35. The quantitative estimate of drug-likeness (QED) is 0.729. The van der Waals surface area contributed by atoms with E-state index in [1.54, 1.807) is 18.3 Å². The number of amides is 1. The third-order valence-corrected chi connectivity index (χ3v) is 5.52. The molecule has 3 aromatic rings. The van der Waals surface area contributed by atoms with E-state index in [4.69, 9.17) is 4.52 Å². The SMILES string of the molecule is Cc1nc(CC2CCCN(C(=O)c3csc4ccccc34)C2)no1. The van der Waals surface area contributed by atoms with Gasteiger partial charge in [-0.15, -0.1) is 11.3 Å². The molecule has 124 valence electrons. The summed E-state index contributed by atoms with van der Waals surface area (Å²) in [4.78, 5) is 19.2. The van der Waals surface area contributed by atoms with E-state index in [-0.39, 0.29) is 5.91 Å². The molecule has 1 fully saturated rings. The van der Waals surface area contributed by atoms with E-state index >= 15 is 0 Å². The Bertz CT molecular complexity index is 870. The first-order valence-corrected chi connectivity index (χ1v) is 9.13. The number of piperidine rings is 1. The van der Waals surface area contributed by atoms with E-state index in [0.29, 0.717) is 11.8 Å². The van der Waals surface area contributed by atoms with Crippen molar-refractivity contribution < 1.29 is 9.32 Å². The van der Waals surface area contributed by atoms with Crippen LogP contribution in [0.4, 0.5) is 0 Å². The first kappa shape index (κ1) is 15.3. The molecule has 0 bridgehead atoms. The summed E-state index contributed by atoms with van der Waals surface area (Å²) in [5.74, 6) is 1.87. The van der Waals surface area contributed by atoms with Crippen LogP contribution in [0.3, 0.4) is 0 Å². The summed E-state index contributed by atoms with van der Waals surface area (Å²) >= 11 is 1.63. The van der Waals surface area contributed by atoms with Crippen molar-refractivity contribution in [2.24, 2.45) is 5.92 Å². The van der Waals surface area contributed by atoms with Gasteiger partial charge >= 0.3 is 0 Å². The lowest BCUT2D eigenvalue weighted by Gasteiger charge is -2.32. The first-order chi connectivity index (χ1) is 11.7. The average molecular weight is 341 g/mol. The average Bonchev–Trinajstić information content (AvgIpc) is 3.20. The predicted molar refractivity (Wildman–Crippen MR) is 93.2 cm³/mol. The van der Waals surface area contributed by atoms with Crippen molar-refractivity contribution >= 4 is 27.3 Å². The van der Waals surface area contributed by atoms with Gasteiger partial charge in [0.25, 0.3) is 5.91 Å². The highest BCUT2D eigenvalue weighted by molar-refractivity contribution is 7.17. The summed E-state index contributed by atoms with van der Waals surface area (Å²) in [5.41, 5.74) is 0.826.